The van der Waals surface area contributed by atoms with E-state index in [0.29, 0.717) is 6.10 Å². The summed E-state index contributed by atoms with van der Waals surface area (Å²) in [5.74, 6) is 2.80. The smallest absolute Gasteiger partial charge is 0.0575 e. The van der Waals surface area contributed by atoms with Gasteiger partial charge >= 0.3 is 0 Å². The van der Waals surface area contributed by atoms with Crippen LogP contribution in [0.5, 0.6) is 0 Å². The fourth-order valence-electron chi connectivity index (χ4n) is 4.01. The average Bonchev–Trinajstić information content (AvgIpc) is 2.47. The van der Waals surface area contributed by atoms with Gasteiger partial charge in [0.25, 0.3) is 0 Å². The zero-order chi connectivity index (χ0) is 13.5. The molecule has 1 nitrogen and oxygen atoms in total. The molecule has 0 aromatic heterocycles. The van der Waals surface area contributed by atoms with Gasteiger partial charge in [0.15, 0.2) is 0 Å². The minimum absolute atomic E-state index is 0.563. The number of allylic oxidation sites excluding steroid dienone is 3. The minimum Gasteiger partial charge on any atom is -0.379 e. The van der Waals surface area contributed by atoms with E-state index in [-0.39, 0.29) is 0 Å². The first-order valence-corrected chi connectivity index (χ1v) is 8.24. The average molecular weight is 262 g/mol. The second-order valence-corrected chi connectivity index (χ2v) is 6.29. The molecule has 2 aliphatic carbocycles. The van der Waals surface area contributed by atoms with Crippen LogP contribution in [0.3, 0.4) is 0 Å². The summed E-state index contributed by atoms with van der Waals surface area (Å²) in [6.07, 6.45) is 18.0. The molecule has 0 amide bonds. The van der Waals surface area contributed by atoms with Gasteiger partial charge in [0.1, 0.15) is 0 Å². The fourth-order valence-corrected chi connectivity index (χ4v) is 4.01. The van der Waals surface area contributed by atoms with Crippen molar-refractivity contribution >= 4 is 0 Å². The van der Waals surface area contributed by atoms with E-state index in [4.69, 9.17) is 4.74 Å². The highest BCUT2D eigenvalue weighted by atomic mass is 16.5. The van der Waals surface area contributed by atoms with Crippen LogP contribution >= 0.6 is 0 Å². The summed E-state index contributed by atoms with van der Waals surface area (Å²) in [6.45, 7) is 6.76. The van der Waals surface area contributed by atoms with E-state index in [1.165, 1.54) is 51.4 Å². The van der Waals surface area contributed by atoms with Crippen molar-refractivity contribution in [2.75, 3.05) is 6.61 Å². The van der Waals surface area contributed by atoms with Gasteiger partial charge in [-0.25, -0.2) is 0 Å². The van der Waals surface area contributed by atoms with Crippen LogP contribution in [0.1, 0.15) is 58.3 Å². The minimum atomic E-state index is 0.563. The van der Waals surface area contributed by atoms with Crippen molar-refractivity contribution in [1.82, 2.24) is 0 Å². The molecule has 0 aromatic carbocycles. The van der Waals surface area contributed by atoms with Crippen LogP contribution in [-0.2, 0) is 4.74 Å². The lowest BCUT2D eigenvalue weighted by molar-refractivity contribution is 0.0142. The van der Waals surface area contributed by atoms with E-state index >= 15 is 0 Å². The van der Waals surface area contributed by atoms with Crippen molar-refractivity contribution in [3.05, 3.63) is 24.8 Å². The second kappa shape index (κ2) is 7.89. The molecule has 0 atom stereocenters. The second-order valence-electron chi connectivity index (χ2n) is 6.29. The van der Waals surface area contributed by atoms with Gasteiger partial charge < -0.3 is 4.74 Å². The van der Waals surface area contributed by atoms with Gasteiger partial charge in [0, 0.05) is 6.61 Å². The van der Waals surface area contributed by atoms with Gasteiger partial charge in [0.05, 0.1) is 6.10 Å². The van der Waals surface area contributed by atoms with Gasteiger partial charge in [-0.05, 0) is 76.0 Å². The van der Waals surface area contributed by atoms with Crippen molar-refractivity contribution in [2.24, 2.45) is 17.8 Å². The zero-order valence-electron chi connectivity index (χ0n) is 12.5. The van der Waals surface area contributed by atoms with E-state index in [9.17, 15) is 0 Å². The van der Waals surface area contributed by atoms with Crippen LogP contribution in [0, 0.1) is 17.8 Å². The predicted octanol–water partition coefficient (Wildman–Crippen LogP) is 5.13. The summed E-state index contributed by atoms with van der Waals surface area (Å²) in [5, 5.41) is 0. The Kier molecular flexibility index (Phi) is 6.16. The molecule has 2 rings (SSSR count). The third-order valence-electron chi connectivity index (χ3n) is 5.12. The Balaban J connectivity index is 1.70. The lowest BCUT2D eigenvalue weighted by Crippen LogP contribution is -2.28. The lowest BCUT2D eigenvalue weighted by Gasteiger charge is -2.37. The van der Waals surface area contributed by atoms with Crippen LogP contribution in [0.15, 0.2) is 24.8 Å². The van der Waals surface area contributed by atoms with Crippen molar-refractivity contribution < 1.29 is 4.74 Å². The number of ether oxygens (including phenoxy) is 1. The largest absolute Gasteiger partial charge is 0.379 e. The molecule has 0 aromatic rings. The molecule has 0 aliphatic heterocycles. The normalized spacial score (nSPS) is 36.5. The van der Waals surface area contributed by atoms with Crippen molar-refractivity contribution in [1.29, 1.82) is 0 Å². The number of rotatable bonds is 5. The fraction of sp³-hybridized carbons (Fsp3) is 0.778. The Morgan fingerprint density at radius 2 is 1.53 bits per heavy atom. The van der Waals surface area contributed by atoms with Crippen LogP contribution in [-0.4, -0.2) is 12.7 Å². The third kappa shape index (κ3) is 4.49. The van der Waals surface area contributed by atoms with E-state index in [2.05, 4.69) is 25.7 Å². The van der Waals surface area contributed by atoms with Crippen LogP contribution in [0.25, 0.3) is 0 Å². The standard InChI is InChI=1S/C18H30O/c1-3-5-6-15-7-9-16(10-8-15)17-11-13-18(14-12-17)19-4-2/h3,5-6,15-18H,1,4,7-14H2,2H3. The van der Waals surface area contributed by atoms with Crippen LogP contribution < -0.4 is 0 Å². The summed E-state index contributed by atoms with van der Waals surface area (Å²) >= 11 is 0. The van der Waals surface area contributed by atoms with Crippen molar-refractivity contribution in [2.45, 2.75) is 64.4 Å². The van der Waals surface area contributed by atoms with E-state index in [1.54, 1.807) is 0 Å². The Hall–Kier alpha value is -0.560. The summed E-state index contributed by atoms with van der Waals surface area (Å²) < 4.78 is 5.76. The highest BCUT2D eigenvalue weighted by Crippen LogP contribution is 2.40. The summed E-state index contributed by atoms with van der Waals surface area (Å²) in [6, 6.07) is 0. The van der Waals surface area contributed by atoms with Crippen molar-refractivity contribution in [3.63, 3.8) is 0 Å². The molecule has 108 valence electrons. The molecule has 2 saturated carbocycles. The molecule has 0 heterocycles. The highest BCUT2D eigenvalue weighted by Gasteiger charge is 2.30. The van der Waals surface area contributed by atoms with Crippen molar-refractivity contribution in [3.8, 4) is 0 Å². The quantitative estimate of drug-likeness (QED) is 0.624. The Morgan fingerprint density at radius 3 is 2.05 bits per heavy atom. The maximum atomic E-state index is 5.76. The topological polar surface area (TPSA) is 9.23 Å². The Morgan fingerprint density at radius 1 is 0.947 bits per heavy atom. The third-order valence-corrected chi connectivity index (χ3v) is 5.12. The molecule has 0 unspecified atom stereocenters. The Labute approximate surface area is 119 Å². The predicted molar refractivity (Wildman–Crippen MR) is 82.2 cm³/mol. The number of hydrogen-bond donors (Lipinski definition) is 0. The summed E-state index contributed by atoms with van der Waals surface area (Å²) in [5.41, 5.74) is 0. The first kappa shape index (κ1) is 14.8. The van der Waals surface area contributed by atoms with Gasteiger partial charge in [-0.3, -0.25) is 0 Å². The van der Waals surface area contributed by atoms with Crippen LogP contribution in [0.4, 0.5) is 0 Å². The number of hydrogen-bond acceptors (Lipinski definition) is 1. The highest BCUT2D eigenvalue weighted by molar-refractivity contribution is 5.01. The first-order chi connectivity index (χ1) is 9.33. The molecule has 2 fully saturated rings. The van der Waals surface area contributed by atoms with E-state index in [1.807, 2.05) is 6.08 Å². The Bertz CT molecular complexity index is 278. The van der Waals surface area contributed by atoms with Crippen LogP contribution in [0.2, 0.25) is 0 Å². The summed E-state index contributed by atoms with van der Waals surface area (Å²) in [7, 11) is 0. The lowest BCUT2D eigenvalue weighted by atomic mass is 9.70. The van der Waals surface area contributed by atoms with Gasteiger partial charge in [-0.2, -0.15) is 0 Å². The van der Waals surface area contributed by atoms with E-state index < -0.39 is 0 Å². The molecular weight excluding hydrogens is 232 g/mol. The zero-order valence-corrected chi connectivity index (χ0v) is 12.5. The SMILES string of the molecule is C=CC=CC1CCC(C2CCC(OCC)CC2)CC1. The maximum Gasteiger partial charge on any atom is 0.0575 e. The molecule has 19 heavy (non-hydrogen) atoms. The molecule has 0 spiro atoms. The molecule has 2 aliphatic rings. The molecule has 0 saturated heterocycles. The van der Waals surface area contributed by atoms with Gasteiger partial charge in [-0.1, -0.05) is 24.8 Å². The molecular formula is C18H30O. The van der Waals surface area contributed by atoms with E-state index in [0.717, 1.165) is 24.4 Å². The molecule has 0 radical (unpaired) electrons. The van der Waals surface area contributed by atoms with Gasteiger partial charge in [0.2, 0.25) is 0 Å². The monoisotopic (exact) mass is 262 g/mol. The maximum absolute atomic E-state index is 5.76. The molecule has 1 heteroatoms. The summed E-state index contributed by atoms with van der Waals surface area (Å²) in [4.78, 5) is 0. The molecule has 0 bridgehead atoms. The molecule has 0 N–H and O–H groups in total. The first-order valence-electron chi connectivity index (χ1n) is 8.24. The van der Waals surface area contributed by atoms with Gasteiger partial charge in [-0.15, -0.1) is 0 Å².